The van der Waals surface area contributed by atoms with Crippen LogP contribution in [-0.4, -0.2) is 16.9 Å². The van der Waals surface area contributed by atoms with Crippen LogP contribution in [0.3, 0.4) is 0 Å². The highest BCUT2D eigenvalue weighted by Gasteiger charge is 2.30. The normalized spacial score (nSPS) is 15.7. The fourth-order valence-corrected chi connectivity index (χ4v) is 3.83. The molecular weight excluding hydrogens is 337 g/mol. The Labute approximate surface area is 141 Å². The lowest BCUT2D eigenvalue weighted by Gasteiger charge is -2.10. The van der Waals surface area contributed by atoms with E-state index in [1.165, 1.54) is 23.5 Å². The third kappa shape index (κ3) is 3.61. The SMILES string of the molecule is Cc1nc(-c2ccc(C(F)(F)F)cc2)sc1C(=O)NC1CCCC1. The van der Waals surface area contributed by atoms with Crippen LogP contribution in [0.2, 0.25) is 0 Å². The zero-order chi connectivity index (χ0) is 17.3. The minimum atomic E-state index is -4.36. The third-order valence-electron chi connectivity index (χ3n) is 4.15. The predicted octanol–water partition coefficient (Wildman–Crippen LogP) is 4.81. The number of thiazole rings is 1. The van der Waals surface area contributed by atoms with Gasteiger partial charge in [0.15, 0.2) is 0 Å². The van der Waals surface area contributed by atoms with Gasteiger partial charge in [0, 0.05) is 11.6 Å². The van der Waals surface area contributed by atoms with Gasteiger partial charge in [0.1, 0.15) is 9.88 Å². The summed E-state index contributed by atoms with van der Waals surface area (Å²) >= 11 is 1.21. The number of hydrogen-bond acceptors (Lipinski definition) is 3. The lowest BCUT2D eigenvalue weighted by Crippen LogP contribution is -2.32. The van der Waals surface area contributed by atoms with Gasteiger partial charge in [0.2, 0.25) is 0 Å². The molecule has 3 rings (SSSR count). The summed E-state index contributed by atoms with van der Waals surface area (Å²) in [6, 6.07) is 5.06. The van der Waals surface area contributed by atoms with Gasteiger partial charge < -0.3 is 5.32 Å². The van der Waals surface area contributed by atoms with Crippen molar-refractivity contribution in [2.24, 2.45) is 0 Å². The number of benzene rings is 1. The number of carbonyl (C=O) groups excluding carboxylic acids is 1. The number of carbonyl (C=O) groups is 1. The molecule has 1 saturated carbocycles. The first-order valence-electron chi connectivity index (χ1n) is 7.80. The van der Waals surface area contributed by atoms with Gasteiger partial charge >= 0.3 is 6.18 Å². The van der Waals surface area contributed by atoms with Gasteiger partial charge in [0.05, 0.1) is 11.3 Å². The second-order valence-electron chi connectivity index (χ2n) is 5.96. The molecule has 1 aliphatic carbocycles. The van der Waals surface area contributed by atoms with Crippen LogP contribution < -0.4 is 5.32 Å². The molecule has 0 atom stereocenters. The number of halogens is 3. The highest BCUT2D eigenvalue weighted by atomic mass is 32.1. The van der Waals surface area contributed by atoms with E-state index in [4.69, 9.17) is 0 Å². The Morgan fingerprint density at radius 1 is 1.21 bits per heavy atom. The minimum Gasteiger partial charge on any atom is -0.349 e. The Balaban J connectivity index is 1.79. The van der Waals surface area contributed by atoms with Crippen molar-refractivity contribution in [3.8, 4) is 10.6 Å². The molecule has 1 N–H and O–H groups in total. The van der Waals surface area contributed by atoms with Crippen LogP contribution in [-0.2, 0) is 6.18 Å². The lowest BCUT2D eigenvalue weighted by atomic mass is 10.1. The monoisotopic (exact) mass is 354 g/mol. The lowest BCUT2D eigenvalue weighted by molar-refractivity contribution is -0.137. The fourth-order valence-electron chi connectivity index (χ4n) is 2.85. The summed E-state index contributed by atoms with van der Waals surface area (Å²) in [6.07, 6.45) is -0.110. The van der Waals surface area contributed by atoms with Crippen LogP contribution >= 0.6 is 11.3 Å². The molecule has 3 nitrogen and oxygen atoms in total. The molecule has 1 aromatic carbocycles. The van der Waals surface area contributed by atoms with Crippen molar-refractivity contribution >= 4 is 17.2 Å². The van der Waals surface area contributed by atoms with E-state index in [2.05, 4.69) is 10.3 Å². The van der Waals surface area contributed by atoms with Crippen molar-refractivity contribution in [2.45, 2.75) is 44.8 Å². The summed E-state index contributed by atoms with van der Waals surface area (Å²) in [7, 11) is 0. The Morgan fingerprint density at radius 2 is 1.83 bits per heavy atom. The molecule has 1 aliphatic rings. The van der Waals surface area contributed by atoms with Crippen LogP contribution in [0.25, 0.3) is 10.6 Å². The van der Waals surface area contributed by atoms with E-state index in [1.807, 2.05) is 0 Å². The van der Waals surface area contributed by atoms with E-state index in [-0.39, 0.29) is 11.9 Å². The molecule has 1 fully saturated rings. The van der Waals surface area contributed by atoms with Gasteiger partial charge in [-0.25, -0.2) is 4.98 Å². The molecule has 1 amide bonds. The first kappa shape index (κ1) is 17.0. The largest absolute Gasteiger partial charge is 0.416 e. The van der Waals surface area contributed by atoms with Gasteiger partial charge in [-0.15, -0.1) is 11.3 Å². The molecule has 2 aromatic rings. The van der Waals surface area contributed by atoms with Crippen LogP contribution in [0.4, 0.5) is 13.2 Å². The second kappa shape index (κ2) is 6.55. The number of rotatable bonds is 3. The standard InChI is InChI=1S/C17H17F3N2OS/c1-10-14(15(23)22-13-4-2-3-5-13)24-16(21-10)11-6-8-12(9-7-11)17(18,19)20/h6-9,13H,2-5H2,1H3,(H,22,23). The van der Waals surface area contributed by atoms with Crippen LogP contribution in [0.5, 0.6) is 0 Å². The number of alkyl halides is 3. The number of amides is 1. The van der Waals surface area contributed by atoms with Crippen molar-refractivity contribution in [3.63, 3.8) is 0 Å². The van der Waals surface area contributed by atoms with Crippen LogP contribution in [0.1, 0.15) is 46.6 Å². The van der Waals surface area contributed by atoms with Gasteiger partial charge in [-0.3, -0.25) is 4.79 Å². The molecule has 0 bridgehead atoms. The molecule has 0 spiro atoms. The number of nitrogens with one attached hydrogen (secondary N) is 1. The van der Waals surface area contributed by atoms with E-state index in [0.29, 0.717) is 21.1 Å². The fraction of sp³-hybridized carbons (Fsp3) is 0.412. The number of nitrogens with zero attached hydrogens (tertiary/aromatic N) is 1. The first-order chi connectivity index (χ1) is 11.3. The average Bonchev–Trinajstić information content (AvgIpc) is 3.16. The van der Waals surface area contributed by atoms with Crippen molar-refractivity contribution in [1.82, 2.24) is 10.3 Å². The Kier molecular flexibility index (Phi) is 4.62. The van der Waals surface area contributed by atoms with E-state index in [9.17, 15) is 18.0 Å². The number of hydrogen-bond donors (Lipinski definition) is 1. The molecule has 0 aliphatic heterocycles. The smallest absolute Gasteiger partial charge is 0.349 e. The molecule has 0 radical (unpaired) electrons. The molecule has 128 valence electrons. The van der Waals surface area contributed by atoms with E-state index in [0.717, 1.165) is 37.8 Å². The topological polar surface area (TPSA) is 42.0 Å². The average molecular weight is 354 g/mol. The number of aryl methyl sites for hydroxylation is 1. The van der Waals surface area contributed by atoms with Gasteiger partial charge in [-0.05, 0) is 31.9 Å². The maximum atomic E-state index is 12.6. The summed E-state index contributed by atoms with van der Waals surface area (Å²) in [5, 5.41) is 3.57. The van der Waals surface area contributed by atoms with Gasteiger partial charge in [0.25, 0.3) is 5.91 Å². The van der Waals surface area contributed by atoms with E-state index < -0.39 is 11.7 Å². The molecule has 1 aromatic heterocycles. The molecular formula is C17H17F3N2OS. The maximum Gasteiger partial charge on any atom is 0.416 e. The third-order valence-corrected chi connectivity index (χ3v) is 5.36. The zero-order valence-electron chi connectivity index (χ0n) is 13.1. The Morgan fingerprint density at radius 3 is 2.42 bits per heavy atom. The molecule has 1 heterocycles. The second-order valence-corrected chi connectivity index (χ2v) is 6.96. The number of aromatic nitrogens is 1. The molecule has 0 saturated heterocycles. The van der Waals surface area contributed by atoms with Crippen LogP contribution in [0, 0.1) is 6.92 Å². The van der Waals surface area contributed by atoms with Crippen LogP contribution in [0.15, 0.2) is 24.3 Å². The predicted molar refractivity (Wildman–Crippen MR) is 87.0 cm³/mol. The summed E-state index contributed by atoms with van der Waals surface area (Å²) in [6.45, 7) is 1.74. The molecule has 24 heavy (non-hydrogen) atoms. The van der Waals surface area contributed by atoms with Crippen molar-refractivity contribution in [2.75, 3.05) is 0 Å². The van der Waals surface area contributed by atoms with Gasteiger partial charge in [-0.1, -0.05) is 25.0 Å². The van der Waals surface area contributed by atoms with Gasteiger partial charge in [-0.2, -0.15) is 13.2 Å². The minimum absolute atomic E-state index is 0.143. The van der Waals surface area contributed by atoms with Crippen molar-refractivity contribution in [1.29, 1.82) is 0 Å². The van der Waals surface area contributed by atoms with Crippen molar-refractivity contribution < 1.29 is 18.0 Å². The Bertz CT molecular complexity index is 731. The summed E-state index contributed by atoms with van der Waals surface area (Å²) in [5.74, 6) is -0.143. The summed E-state index contributed by atoms with van der Waals surface area (Å²) < 4.78 is 37.9. The zero-order valence-corrected chi connectivity index (χ0v) is 13.9. The highest BCUT2D eigenvalue weighted by Crippen LogP contribution is 2.33. The molecule has 7 heteroatoms. The van der Waals surface area contributed by atoms with Crippen molar-refractivity contribution in [3.05, 3.63) is 40.4 Å². The quantitative estimate of drug-likeness (QED) is 0.859. The maximum absolute atomic E-state index is 12.6. The highest BCUT2D eigenvalue weighted by molar-refractivity contribution is 7.17. The Hall–Kier alpha value is -1.89. The summed E-state index contributed by atoms with van der Waals surface area (Å²) in [5.41, 5.74) is 0.486. The van der Waals surface area contributed by atoms with E-state index in [1.54, 1.807) is 6.92 Å². The first-order valence-corrected chi connectivity index (χ1v) is 8.62. The summed E-state index contributed by atoms with van der Waals surface area (Å²) in [4.78, 5) is 17.2. The van der Waals surface area contributed by atoms with E-state index >= 15 is 0 Å². The molecule has 0 unspecified atom stereocenters.